The van der Waals surface area contributed by atoms with Gasteiger partial charge in [0.15, 0.2) is 0 Å². The molecule has 0 saturated carbocycles. The zero-order valence-electron chi connectivity index (χ0n) is 14.2. The SMILES string of the molecule is Cc1cc(Br)c(NC(=O)CN2c3cccc4cccc(c34)S2(=O)=O)c(Br)c1. The summed E-state index contributed by atoms with van der Waals surface area (Å²) in [4.78, 5) is 12.9. The lowest BCUT2D eigenvalue weighted by Gasteiger charge is -2.19. The molecule has 0 fully saturated rings. The molecule has 1 N–H and O–H groups in total. The average molecular weight is 510 g/mol. The van der Waals surface area contributed by atoms with E-state index in [1.165, 1.54) is 0 Å². The fourth-order valence-corrected chi connectivity index (χ4v) is 6.54. The summed E-state index contributed by atoms with van der Waals surface area (Å²) in [7, 11) is -3.76. The van der Waals surface area contributed by atoms with Gasteiger partial charge < -0.3 is 5.32 Å². The Morgan fingerprint density at radius 2 is 1.70 bits per heavy atom. The molecule has 8 heteroatoms. The average Bonchev–Trinajstić information content (AvgIpc) is 2.82. The van der Waals surface area contributed by atoms with E-state index in [-0.39, 0.29) is 11.4 Å². The number of rotatable bonds is 3. The number of halogens is 2. The van der Waals surface area contributed by atoms with Crippen molar-refractivity contribution >= 4 is 69.9 Å². The van der Waals surface area contributed by atoms with Gasteiger partial charge in [0.25, 0.3) is 10.0 Å². The van der Waals surface area contributed by atoms with Gasteiger partial charge >= 0.3 is 0 Å². The first-order valence-corrected chi connectivity index (χ1v) is 11.1. The minimum atomic E-state index is -3.76. The molecular formula is C19H14Br2N2O3S. The first-order chi connectivity index (χ1) is 12.8. The van der Waals surface area contributed by atoms with Crippen LogP contribution in [0.25, 0.3) is 10.8 Å². The van der Waals surface area contributed by atoms with Gasteiger partial charge in [-0.25, -0.2) is 8.42 Å². The van der Waals surface area contributed by atoms with E-state index in [1.54, 1.807) is 24.3 Å². The van der Waals surface area contributed by atoms with Crippen molar-refractivity contribution in [3.05, 3.63) is 63.0 Å². The number of benzene rings is 3. The van der Waals surface area contributed by atoms with Crippen molar-refractivity contribution < 1.29 is 13.2 Å². The standard InChI is InChI=1S/C19H14Br2N2O3S/c1-11-8-13(20)19(14(21)9-11)22-17(24)10-23-15-6-2-4-12-5-3-7-16(18(12)15)27(23,25)26/h2-9H,10H2,1H3,(H,22,24). The number of anilines is 2. The second kappa shape index (κ2) is 6.61. The van der Waals surface area contributed by atoms with E-state index in [9.17, 15) is 13.2 Å². The minimum Gasteiger partial charge on any atom is -0.323 e. The molecule has 4 rings (SSSR count). The lowest BCUT2D eigenvalue weighted by molar-refractivity contribution is -0.114. The van der Waals surface area contributed by atoms with Crippen molar-refractivity contribution in [2.75, 3.05) is 16.2 Å². The molecule has 1 heterocycles. The van der Waals surface area contributed by atoms with Gasteiger partial charge in [-0.15, -0.1) is 0 Å². The van der Waals surface area contributed by atoms with Gasteiger partial charge in [0.05, 0.1) is 16.3 Å². The number of carbonyl (C=O) groups is 1. The number of aryl methyl sites for hydroxylation is 1. The van der Waals surface area contributed by atoms with Gasteiger partial charge in [0.1, 0.15) is 6.54 Å². The normalized spacial score (nSPS) is 14.6. The van der Waals surface area contributed by atoms with Crippen LogP contribution in [-0.2, 0) is 14.8 Å². The van der Waals surface area contributed by atoms with Crippen LogP contribution < -0.4 is 9.62 Å². The molecule has 1 amide bonds. The summed E-state index contributed by atoms with van der Waals surface area (Å²) in [6, 6.07) is 14.3. The van der Waals surface area contributed by atoms with Gasteiger partial charge in [-0.3, -0.25) is 9.10 Å². The summed E-state index contributed by atoms with van der Waals surface area (Å²) in [5.74, 6) is -0.423. The first-order valence-electron chi connectivity index (χ1n) is 8.09. The molecule has 0 unspecified atom stereocenters. The first kappa shape index (κ1) is 18.5. The Bertz CT molecular complexity index is 1180. The topological polar surface area (TPSA) is 66.5 Å². The van der Waals surface area contributed by atoms with Crippen molar-refractivity contribution in [2.24, 2.45) is 0 Å². The van der Waals surface area contributed by atoms with E-state index in [0.717, 1.165) is 24.2 Å². The molecule has 0 saturated heterocycles. The molecule has 1 aliphatic rings. The van der Waals surface area contributed by atoms with Crippen molar-refractivity contribution in [3.8, 4) is 0 Å². The molecule has 0 bridgehead atoms. The Morgan fingerprint density at radius 3 is 2.37 bits per heavy atom. The third-order valence-electron chi connectivity index (χ3n) is 4.42. The smallest absolute Gasteiger partial charge is 0.265 e. The Labute approximate surface area is 173 Å². The molecule has 5 nitrogen and oxygen atoms in total. The third-order valence-corrected chi connectivity index (χ3v) is 7.47. The molecule has 0 radical (unpaired) electrons. The highest BCUT2D eigenvalue weighted by molar-refractivity contribution is 9.11. The maximum absolute atomic E-state index is 13.0. The largest absolute Gasteiger partial charge is 0.323 e. The van der Waals surface area contributed by atoms with Gasteiger partial charge in [-0.1, -0.05) is 24.3 Å². The highest BCUT2D eigenvalue weighted by Crippen LogP contribution is 2.42. The predicted octanol–water partition coefficient (Wildman–Crippen LogP) is 4.82. The van der Waals surface area contributed by atoms with E-state index in [4.69, 9.17) is 0 Å². The number of sulfonamides is 1. The lowest BCUT2D eigenvalue weighted by Crippen LogP contribution is -2.35. The van der Waals surface area contributed by atoms with Crippen LogP contribution in [0.2, 0.25) is 0 Å². The van der Waals surface area contributed by atoms with Crippen LogP contribution >= 0.6 is 31.9 Å². The molecule has 3 aromatic carbocycles. The Morgan fingerprint density at radius 1 is 1.07 bits per heavy atom. The van der Waals surface area contributed by atoms with E-state index >= 15 is 0 Å². The van der Waals surface area contributed by atoms with E-state index < -0.39 is 15.9 Å². The molecular weight excluding hydrogens is 496 g/mol. The third kappa shape index (κ3) is 3.05. The van der Waals surface area contributed by atoms with Crippen molar-refractivity contribution in [2.45, 2.75) is 11.8 Å². The molecule has 138 valence electrons. The second-order valence-electron chi connectivity index (χ2n) is 6.29. The van der Waals surface area contributed by atoms with Crippen LogP contribution in [0.4, 0.5) is 11.4 Å². The molecule has 0 aliphatic carbocycles. The molecule has 1 aliphatic heterocycles. The number of carbonyl (C=O) groups excluding carboxylic acids is 1. The highest BCUT2D eigenvalue weighted by Gasteiger charge is 2.36. The van der Waals surface area contributed by atoms with Crippen LogP contribution in [0.5, 0.6) is 0 Å². The zero-order valence-corrected chi connectivity index (χ0v) is 18.2. The van der Waals surface area contributed by atoms with Crippen LogP contribution in [0.1, 0.15) is 5.56 Å². The fourth-order valence-electron chi connectivity index (χ4n) is 3.26. The number of nitrogens with zero attached hydrogens (tertiary/aromatic N) is 1. The van der Waals surface area contributed by atoms with E-state index in [2.05, 4.69) is 37.2 Å². The summed E-state index contributed by atoms with van der Waals surface area (Å²) in [5, 5.41) is 4.28. The van der Waals surface area contributed by atoms with Gasteiger partial charge in [0.2, 0.25) is 5.91 Å². The van der Waals surface area contributed by atoms with Crippen molar-refractivity contribution in [1.82, 2.24) is 0 Å². The van der Waals surface area contributed by atoms with Gasteiger partial charge in [0, 0.05) is 14.3 Å². The summed E-state index contributed by atoms with van der Waals surface area (Å²) >= 11 is 6.86. The molecule has 0 atom stereocenters. The van der Waals surface area contributed by atoms with Crippen LogP contribution in [-0.4, -0.2) is 20.9 Å². The number of amides is 1. The lowest BCUT2D eigenvalue weighted by atomic mass is 10.1. The van der Waals surface area contributed by atoms with Gasteiger partial charge in [-0.2, -0.15) is 0 Å². The maximum Gasteiger partial charge on any atom is 0.265 e. The van der Waals surface area contributed by atoms with Crippen molar-refractivity contribution in [3.63, 3.8) is 0 Å². The van der Waals surface area contributed by atoms with E-state index in [1.807, 2.05) is 31.2 Å². The quantitative estimate of drug-likeness (QED) is 0.550. The molecule has 0 aromatic heterocycles. The minimum absolute atomic E-state index is 0.237. The summed E-state index contributed by atoms with van der Waals surface area (Å²) in [5.41, 5.74) is 2.12. The fraction of sp³-hybridized carbons (Fsp3) is 0.105. The van der Waals surface area contributed by atoms with Crippen LogP contribution in [0.3, 0.4) is 0 Å². The molecule has 3 aromatic rings. The number of hydrogen-bond donors (Lipinski definition) is 1. The van der Waals surface area contributed by atoms with Crippen molar-refractivity contribution in [1.29, 1.82) is 0 Å². The van der Waals surface area contributed by atoms with Crippen LogP contribution in [0, 0.1) is 6.92 Å². The summed E-state index contributed by atoms with van der Waals surface area (Å²) < 4.78 is 28.5. The maximum atomic E-state index is 13.0. The summed E-state index contributed by atoms with van der Waals surface area (Å²) in [6.07, 6.45) is 0. The van der Waals surface area contributed by atoms with Crippen LogP contribution in [0.15, 0.2) is 62.4 Å². The predicted molar refractivity (Wildman–Crippen MR) is 114 cm³/mol. The Balaban J connectivity index is 1.68. The van der Waals surface area contributed by atoms with E-state index in [0.29, 0.717) is 16.8 Å². The second-order valence-corrected chi connectivity index (χ2v) is 9.83. The molecule has 0 spiro atoms. The number of hydrogen-bond acceptors (Lipinski definition) is 3. The Hall–Kier alpha value is -1.90. The Kier molecular flexibility index (Phi) is 4.52. The highest BCUT2D eigenvalue weighted by atomic mass is 79.9. The monoisotopic (exact) mass is 508 g/mol. The molecule has 27 heavy (non-hydrogen) atoms. The zero-order chi connectivity index (χ0) is 19.3. The van der Waals surface area contributed by atoms with Gasteiger partial charge in [-0.05, 0) is 74.0 Å². The number of nitrogens with one attached hydrogen (secondary N) is 1. The summed E-state index contributed by atoms with van der Waals surface area (Å²) in [6.45, 7) is 1.64.